The SMILES string of the molecule is COc1ccc(C(N)C2CCCCN2)cc1. The van der Waals surface area contributed by atoms with Crippen molar-refractivity contribution in [1.29, 1.82) is 0 Å². The first kappa shape index (κ1) is 11.4. The minimum absolute atomic E-state index is 0.0891. The predicted octanol–water partition coefficient (Wildman–Crippen LogP) is 1.84. The van der Waals surface area contributed by atoms with Crippen molar-refractivity contribution in [2.45, 2.75) is 31.3 Å². The summed E-state index contributed by atoms with van der Waals surface area (Å²) >= 11 is 0. The second-order valence-corrected chi connectivity index (χ2v) is 4.36. The van der Waals surface area contributed by atoms with Crippen molar-refractivity contribution in [2.75, 3.05) is 13.7 Å². The van der Waals surface area contributed by atoms with E-state index in [1.54, 1.807) is 7.11 Å². The van der Waals surface area contributed by atoms with Gasteiger partial charge in [-0.3, -0.25) is 0 Å². The maximum atomic E-state index is 6.26. The summed E-state index contributed by atoms with van der Waals surface area (Å²) in [7, 11) is 1.68. The lowest BCUT2D eigenvalue weighted by atomic mass is 9.93. The summed E-state index contributed by atoms with van der Waals surface area (Å²) in [5.74, 6) is 0.882. The first-order valence-electron chi connectivity index (χ1n) is 5.94. The third-order valence-corrected chi connectivity index (χ3v) is 3.28. The number of benzene rings is 1. The van der Waals surface area contributed by atoms with Gasteiger partial charge in [-0.05, 0) is 37.1 Å². The zero-order valence-electron chi connectivity index (χ0n) is 9.78. The second kappa shape index (κ2) is 5.32. The molecule has 0 saturated carbocycles. The molecule has 3 heteroatoms. The summed E-state index contributed by atoms with van der Waals surface area (Å²) in [5, 5.41) is 3.49. The summed E-state index contributed by atoms with van der Waals surface area (Å²) in [4.78, 5) is 0. The van der Waals surface area contributed by atoms with Crippen molar-refractivity contribution in [3.05, 3.63) is 29.8 Å². The van der Waals surface area contributed by atoms with E-state index in [9.17, 15) is 0 Å². The lowest BCUT2D eigenvalue weighted by Crippen LogP contribution is -2.42. The van der Waals surface area contributed by atoms with Gasteiger partial charge in [0, 0.05) is 12.1 Å². The Labute approximate surface area is 97.0 Å². The number of nitrogens with two attached hydrogens (primary N) is 1. The van der Waals surface area contributed by atoms with Crippen LogP contribution < -0.4 is 15.8 Å². The minimum Gasteiger partial charge on any atom is -0.497 e. The third-order valence-electron chi connectivity index (χ3n) is 3.28. The predicted molar refractivity (Wildman–Crippen MR) is 65.6 cm³/mol. The fourth-order valence-electron chi connectivity index (χ4n) is 2.24. The molecule has 2 atom stereocenters. The van der Waals surface area contributed by atoms with E-state index in [0.29, 0.717) is 6.04 Å². The van der Waals surface area contributed by atoms with Gasteiger partial charge in [-0.25, -0.2) is 0 Å². The quantitative estimate of drug-likeness (QED) is 0.817. The Morgan fingerprint density at radius 3 is 2.62 bits per heavy atom. The normalized spacial score (nSPS) is 22.8. The minimum atomic E-state index is 0.0891. The number of rotatable bonds is 3. The molecule has 0 aromatic heterocycles. The highest BCUT2D eigenvalue weighted by molar-refractivity contribution is 5.29. The molecule has 16 heavy (non-hydrogen) atoms. The number of methoxy groups -OCH3 is 1. The molecule has 0 spiro atoms. The average molecular weight is 220 g/mol. The van der Waals surface area contributed by atoms with E-state index in [-0.39, 0.29) is 6.04 Å². The fraction of sp³-hybridized carbons (Fsp3) is 0.538. The Hall–Kier alpha value is -1.06. The monoisotopic (exact) mass is 220 g/mol. The maximum absolute atomic E-state index is 6.26. The van der Waals surface area contributed by atoms with Gasteiger partial charge in [-0.15, -0.1) is 0 Å². The van der Waals surface area contributed by atoms with E-state index in [4.69, 9.17) is 10.5 Å². The molecule has 3 nitrogen and oxygen atoms in total. The largest absolute Gasteiger partial charge is 0.497 e. The van der Waals surface area contributed by atoms with Gasteiger partial charge in [0.15, 0.2) is 0 Å². The van der Waals surface area contributed by atoms with Gasteiger partial charge in [0.2, 0.25) is 0 Å². The zero-order valence-corrected chi connectivity index (χ0v) is 9.78. The van der Waals surface area contributed by atoms with Crippen LogP contribution in [0.5, 0.6) is 5.75 Å². The Morgan fingerprint density at radius 2 is 2.06 bits per heavy atom. The van der Waals surface area contributed by atoms with E-state index in [2.05, 4.69) is 17.4 Å². The molecule has 88 valence electrons. The molecule has 1 fully saturated rings. The molecule has 2 unspecified atom stereocenters. The van der Waals surface area contributed by atoms with Crippen molar-refractivity contribution in [1.82, 2.24) is 5.32 Å². The highest BCUT2D eigenvalue weighted by Crippen LogP contribution is 2.22. The van der Waals surface area contributed by atoms with Gasteiger partial charge < -0.3 is 15.8 Å². The fourth-order valence-corrected chi connectivity index (χ4v) is 2.24. The molecule has 0 aliphatic carbocycles. The van der Waals surface area contributed by atoms with Crippen molar-refractivity contribution in [3.63, 3.8) is 0 Å². The maximum Gasteiger partial charge on any atom is 0.118 e. The summed E-state index contributed by atoms with van der Waals surface area (Å²) in [6.45, 7) is 1.09. The molecule has 0 amide bonds. The van der Waals surface area contributed by atoms with E-state index in [0.717, 1.165) is 12.3 Å². The highest BCUT2D eigenvalue weighted by atomic mass is 16.5. The molecule has 3 N–H and O–H groups in total. The Bertz CT molecular complexity index is 317. The van der Waals surface area contributed by atoms with Crippen LogP contribution in [0.25, 0.3) is 0 Å². The molecular weight excluding hydrogens is 200 g/mol. The number of piperidine rings is 1. The number of nitrogens with one attached hydrogen (secondary N) is 1. The highest BCUT2D eigenvalue weighted by Gasteiger charge is 2.20. The van der Waals surface area contributed by atoms with Crippen LogP contribution in [0.1, 0.15) is 30.9 Å². The van der Waals surface area contributed by atoms with Crippen LogP contribution in [0.4, 0.5) is 0 Å². The number of ether oxygens (including phenoxy) is 1. The standard InChI is InChI=1S/C13H20N2O/c1-16-11-7-5-10(6-8-11)13(14)12-4-2-3-9-15-12/h5-8,12-13,15H,2-4,9,14H2,1H3. The van der Waals surface area contributed by atoms with Crippen molar-refractivity contribution in [2.24, 2.45) is 5.73 Å². The van der Waals surface area contributed by atoms with Gasteiger partial charge >= 0.3 is 0 Å². The molecule has 1 aliphatic rings. The molecule has 0 radical (unpaired) electrons. The van der Waals surface area contributed by atoms with Crippen LogP contribution in [0.2, 0.25) is 0 Å². The second-order valence-electron chi connectivity index (χ2n) is 4.36. The summed E-state index contributed by atoms with van der Waals surface area (Å²) < 4.78 is 5.14. The molecule has 1 heterocycles. The first-order chi connectivity index (χ1) is 7.81. The van der Waals surface area contributed by atoms with Gasteiger partial charge in [0.1, 0.15) is 5.75 Å². The molecule has 2 rings (SSSR count). The van der Waals surface area contributed by atoms with Gasteiger partial charge in [0.25, 0.3) is 0 Å². The van der Waals surface area contributed by atoms with Gasteiger partial charge in [-0.1, -0.05) is 18.6 Å². The van der Waals surface area contributed by atoms with E-state index >= 15 is 0 Å². The van der Waals surface area contributed by atoms with E-state index in [1.165, 1.54) is 24.8 Å². The van der Waals surface area contributed by atoms with Crippen LogP contribution in [0, 0.1) is 0 Å². The van der Waals surface area contributed by atoms with Crippen LogP contribution in [-0.4, -0.2) is 19.7 Å². The first-order valence-corrected chi connectivity index (χ1v) is 5.94. The smallest absolute Gasteiger partial charge is 0.118 e. The topological polar surface area (TPSA) is 47.3 Å². The zero-order chi connectivity index (χ0) is 11.4. The van der Waals surface area contributed by atoms with Crippen molar-refractivity contribution >= 4 is 0 Å². The van der Waals surface area contributed by atoms with E-state index in [1.807, 2.05) is 12.1 Å². The molecule has 1 aliphatic heterocycles. The lowest BCUT2D eigenvalue weighted by Gasteiger charge is -2.29. The average Bonchev–Trinajstić information content (AvgIpc) is 2.39. The van der Waals surface area contributed by atoms with Crippen LogP contribution in [-0.2, 0) is 0 Å². The Morgan fingerprint density at radius 1 is 1.31 bits per heavy atom. The van der Waals surface area contributed by atoms with E-state index < -0.39 is 0 Å². The number of hydrogen-bond acceptors (Lipinski definition) is 3. The molecule has 1 aromatic carbocycles. The lowest BCUT2D eigenvalue weighted by molar-refractivity contribution is 0.353. The van der Waals surface area contributed by atoms with Gasteiger partial charge in [0.05, 0.1) is 7.11 Å². The molecular formula is C13H20N2O. The van der Waals surface area contributed by atoms with Crippen LogP contribution in [0.3, 0.4) is 0 Å². The Balaban J connectivity index is 2.04. The summed E-state index contributed by atoms with van der Waals surface area (Å²) in [6, 6.07) is 8.56. The summed E-state index contributed by atoms with van der Waals surface area (Å²) in [5.41, 5.74) is 7.44. The molecule has 0 bridgehead atoms. The molecule has 1 aromatic rings. The van der Waals surface area contributed by atoms with Crippen LogP contribution >= 0.6 is 0 Å². The third kappa shape index (κ3) is 2.54. The number of hydrogen-bond donors (Lipinski definition) is 2. The molecule has 1 saturated heterocycles. The van der Waals surface area contributed by atoms with Gasteiger partial charge in [-0.2, -0.15) is 0 Å². The Kier molecular flexibility index (Phi) is 3.80. The van der Waals surface area contributed by atoms with Crippen LogP contribution in [0.15, 0.2) is 24.3 Å². The van der Waals surface area contributed by atoms with Crippen molar-refractivity contribution < 1.29 is 4.74 Å². The summed E-state index contributed by atoms with van der Waals surface area (Å²) in [6.07, 6.45) is 3.72. The van der Waals surface area contributed by atoms with Crippen molar-refractivity contribution in [3.8, 4) is 5.75 Å².